The molecule has 0 aliphatic carbocycles. The number of amides is 2. The van der Waals surface area contributed by atoms with Gasteiger partial charge >= 0.3 is 12.0 Å². The third-order valence-corrected chi connectivity index (χ3v) is 4.43. The van der Waals surface area contributed by atoms with Gasteiger partial charge in [0.25, 0.3) is 0 Å². The lowest BCUT2D eigenvalue weighted by Gasteiger charge is -2.31. The standard InChI is InChI=1S/C18H26N2O4/c1-13(2)15(10-14-6-4-3-5-7-14)11-19-18(23)20-8-9-24-16(12-20)17(21)22/h3-7,13,15-16H,8-12H2,1-2H3,(H,19,23)(H,21,22). The summed E-state index contributed by atoms with van der Waals surface area (Å²) >= 11 is 0. The molecular formula is C18H26N2O4. The van der Waals surface area contributed by atoms with Crippen molar-refractivity contribution < 1.29 is 19.4 Å². The molecule has 0 saturated carbocycles. The average molecular weight is 334 g/mol. The quantitative estimate of drug-likeness (QED) is 0.834. The Morgan fingerprint density at radius 3 is 2.67 bits per heavy atom. The number of carbonyl (C=O) groups excluding carboxylic acids is 1. The molecule has 6 heteroatoms. The Morgan fingerprint density at radius 1 is 1.33 bits per heavy atom. The van der Waals surface area contributed by atoms with Crippen LogP contribution in [0, 0.1) is 11.8 Å². The van der Waals surface area contributed by atoms with Gasteiger partial charge in [-0.3, -0.25) is 0 Å². The van der Waals surface area contributed by atoms with Gasteiger partial charge in [0.2, 0.25) is 0 Å². The third kappa shape index (κ3) is 5.23. The van der Waals surface area contributed by atoms with Gasteiger partial charge in [0, 0.05) is 13.1 Å². The first-order valence-electron chi connectivity index (χ1n) is 8.38. The summed E-state index contributed by atoms with van der Waals surface area (Å²) in [5.74, 6) is -0.272. The van der Waals surface area contributed by atoms with E-state index in [2.05, 4.69) is 31.3 Å². The van der Waals surface area contributed by atoms with Gasteiger partial charge in [-0.15, -0.1) is 0 Å². The van der Waals surface area contributed by atoms with E-state index in [9.17, 15) is 9.59 Å². The molecule has 1 fully saturated rings. The highest BCUT2D eigenvalue weighted by molar-refractivity contribution is 5.77. The molecule has 1 aromatic carbocycles. The maximum absolute atomic E-state index is 12.3. The number of hydrogen-bond acceptors (Lipinski definition) is 3. The van der Waals surface area contributed by atoms with Crippen LogP contribution >= 0.6 is 0 Å². The fourth-order valence-electron chi connectivity index (χ4n) is 2.77. The summed E-state index contributed by atoms with van der Waals surface area (Å²) in [4.78, 5) is 24.8. The largest absolute Gasteiger partial charge is 0.479 e. The molecule has 2 unspecified atom stereocenters. The Hall–Kier alpha value is -2.08. The molecule has 0 radical (unpaired) electrons. The molecule has 1 aliphatic heterocycles. The predicted molar refractivity (Wildman–Crippen MR) is 90.8 cm³/mol. The molecule has 132 valence electrons. The van der Waals surface area contributed by atoms with Crippen LogP contribution in [0.15, 0.2) is 30.3 Å². The minimum absolute atomic E-state index is 0.0895. The van der Waals surface area contributed by atoms with Crippen molar-refractivity contribution in [2.45, 2.75) is 26.4 Å². The smallest absolute Gasteiger partial charge is 0.334 e. The summed E-state index contributed by atoms with van der Waals surface area (Å²) in [6.07, 6.45) is -0.0330. The van der Waals surface area contributed by atoms with Crippen molar-refractivity contribution in [3.8, 4) is 0 Å². The Morgan fingerprint density at radius 2 is 2.04 bits per heavy atom. The summed E-state index contributed by atoms with van der Waals surface area (Å²) in [7, 11) is 0. The van der Waals surface area contributed by atoms with E-state index < -0.39 is 12.1 Å². The maximum Gasteiger partial charge on any atom is 0.334 e. The van der Waals surface area contributed by atoms with Gasteiger partial charge < -0.3 is 20.1 Å². The van der Waals surface area contributed by atoms with Gasteiger partial charge in [0.05, 0.1) is 13.2 Å². The molecule has 2 amide bonds. The second kappa shape index (κ2) is 8.68. The molecule has 0 aromatic heterocycles. The van der Waals surface area contributed by atoms with Gasteiger partial charge in [-0.25, -0.2) is 9.59 Å². The van der Waals surface area contributed by atoms with Gasteiger partial charge in [-0.1, -0.05) is 44.2 Å². The summed E-state index contributed by atoms with van der Waals surface area (Å²) in [5.41, 5.74) is 1.25. The maximum atomic E-state index is 12.3. The van der Waals surface area contributed by atoms with Crippen molar-refractivity contribution in [1.82, 2.24) is 10.2 Å². The molecule has 0 bridgehead atoms. The predicted octanol–water partition coefficient (Wildman–Crippen LogP) is 2.00. The highest BCUT2D eigenvalue weighted by atomic mass is 16.5. The molecule has 1 aliphatic rings. The molecule has 1 saturated heterocycles. The second-order valence-electron chi connectivity index (χ2n) is 6.52. The van der Waals surface area contributed by atoms with Gasteiger partial charge in [0.1, 0.15) is 0 Å². The number of rotatable bonds is 6. The zero-order chi connectivity index (χ0) is 17.5. The second-order valence-corrected chi connectivity index (χ2v) is 6.52. The number of aliphatic carboxylic acids is 1. The van der Waals surface area contributed by atoms with Crippen molar-refractivity contribution in [2.24, 2.45) is 11.8 Å². The van der Waals surface area contributed by atoms with E-state index in [1.54, 1.807) is 0 Å². The van der Waals surface area contributed by atoms with Crippen LogP contribution in [0.2, 0.25) is 0 Å². The monoisotopic (exact) mass is 334 g/mol. The fourth-order valence-corrected chi connectivity index (χ4v) is 2.77. The molecule has 1 aromatic rings. The first-order valence-corrected chi connectivity index (χ1v) is 8.38. The van der Waals surface area contributed by atoms with E-state index in [1.807, 2.05) is 18.2 Å². The Kier molecular flexibility index (Phi) is 6.61. The third-order valence-electron chi connectivity index (χ3n) is 4.43. The lowest BCUT2D eigenvalue weighted by atomic mass is 9.89. The zero-order valence-electron chi connectivity index (χ0n) is 14.3. The molecule has 6 nitrogen and oxygen atoms in total. The number of benzene rings is 1. The lowest BCUT2D eigenvalue weighted by Crippen LogP contribution is -2.52. The molecule has 2 atom stereocenters. The van der Waals surface area contributed by atoms with E-state index in [1.165, 1.54) is 10.5 Å². The lowest BCUT2D eigenvalue weighted by molar-refractivity contribution is -0.154. The van der Waals surface area contributed by atoms with E-state index in [0.29, 0.717) is 24.9 Å². The molecule has 2 rings (SSSR count). The summed E-state index contributed by atoms with van der Waals surface area (Å²) < 4.78 is 5.14. The van der Waals surface area contributed by atoms with E-state index in [4.69, 9.17) is 9.84 Å². The SMILES string of the molecule is CC(C)C(CNC(=O)N1CCOC(C(=O)O)C1)Cc1ccccc1. The first kappa shape index (κ1) is 18.3. The van der Waals surface area contributed by atoms with Crippen LogP contribution in [0.5, 0.6) is 0 Å². The van der Waals surface area contributed by atoms with E-state index in [-0.39, 0.29) is 19.2 Å². The van der Waals surface area contributed by atoms with Crippen LogP contribution in [-0.2, 0) is 16.0 Å². The fraction of sp³-hybridized carbons (Fsp3) is 0.556. The van der Waals surface area contributed by atoms with Crippen molar-refractivity contribution >= 4 is 12.0 Å². The number of nitrogens with one attached hydrogen (secondary N) is 1. The summed E-state index contributed by atoms with van der Waals surface area (Å²) in [5, 5.41) is 12.0. The Bertz CT molecular complexity index is 547. The van der Waals surface area contributed by atoms with Crippen molar-refractivity contribution in [3.05, 3.63) is 35.9 Å². The topological polar surface area (TPSA) is 78.9 Å². The zero-order valence-corrected chi connectivity index (χ0v) is 14.3. The number of carbonyl (C=O) groups is 2. The Labute approximate surface area is 142 Å². The van der Waals surface area contributed by atoms with Crippen LogP contribution in [0.1, 0.15) is 19.4 Å². The highest BCUT2D eigenvalue weighted by Crippen LogP contribution is 2.17. The number of nitrogens with zero attached hydrogens (tertiary/aromatic N) is 1. The van der Waals surface area contributed by atoms with E-state index >= 15 is 0 Å². The Balaban J connectivity index is 1.87. The van der Waals surface area contributed by atoms with Gasteiger partial charge in [-0.2, -0.15) is 0 Å². The number of morpholine rings is 1. The number of carboxylic acid groups (broad SMARTS) is 1. The van der Waals surface area contributed by atoms with Crippen LogP contribution in [-0.4, -0.2) is 54.4 Å². The van der Waals surface area contributed by atoms with Crippen LogP contribution < -0.4 is 5.32 Å². The minimum atomic E-state index is -1.03. The van der Waals surface area contributed by atoms with Gasteiger partial charge in [-0.05, 0) is 23.8 Å². The highest BCUT2D eigenvalue weighted by Gasteiger charge is 2.29. The molecule has 24 heavy (non-hydrogen) atoms. The first-order chi connectivity index (χ1) is 11.5. The number of ether oxygens (including phenoxy) is 1. The molecular weight excluding hydrogens is 308 g/mol. The minimum Gasteiger partial charge on any atom is -0.479 e. The average Bonchev–Trinajstić information content (AvgIpc) is 2.59. The number of hydrogen-bond donors (Lipinski definition) is 2. The number of carboxylic acids is 1. The number of urea groups is 1. The van der Waals surface area contributed by atoms with Crippen LogP contribution in [0.4, 0.5) is 4.79 Å². The van der Waals surface area contributed by atoms with Gasteiger partial charge in [0.15, 0.2) is 6.10 Å². The van der Waals surface area contributed by atoms with Crippen molar-refractivity contribution in [1.29, 1.82) is 0 Å². The van der Waals surface area contributed by atoms with E-state index in [0.717, 1.165) is 6.42 Å². The van der Waals surface area contributed by atoms with Crippen LogP contribution in [0.25, 0.3) is 0 Å². The van der Waals surface area contributed by atoms with Crippen molar-refractivity contribution in [3.63, 3.8) is 0 Å². The molecule has 2 N–H and O–H groups in total. The normalized spacial score (nSPS) is 19.1. The molecule has 1 heterocycles. The van der Waals surface area contributed by atoms with Crippen LogP contribution in [0.3, 0.4) is 0 Å². The summed E-state index contributed by atoms with van der Waals surface area (Å²) in [6, 6.07) is 10.00. The summed E-state index contributed by atoms with van der Waals surface area (Å²) in [6.45, 7) is 5.62. The van der Waals surface area contributed by atoms with Crippen molar-refractivity contribution in [2.75, 3.05) is 26.2 Å². The molecule has 0 spiro atoms.